The van der Waals surface area contributed by atoms with E-state index < -0.39 is 0 Å². The third-order valence-electron chi connectivity index (χ3n) is 3.88. The predicted molar refractivity (Wildman–Crippen MR) is 93.0 cm³/mol. The van der Waals surface area contributed by atoms with Crippen LogP contribution in [0.15, 0.2) is 24.3 Å². The molecule has 2 rings (SSSR count). The molecule has 0 amide bonds. The van der Waals surface area contributed by atoms with Gasteiger partial charge >= 0.3 is 0 Å². The van der Waals surface area contributed by atoms with E-state index in [1.54, 1.807) is 0 Å². The molecule has 1 saturated heterocycles. The molecule has 3 atom stereocenters. The smallest absolute Gasteiger partial charge is 0.0709 e. The molecule has 112 valence electrons. The maximum absolute atomic E-state index is 10.5. The average Bonchev–Trinajstić information content (AvgIpc) is 2.38. The summed E-state index contributed by atoms with van der Waals surface area (Å²) >= 11 is 3.93. The van der Waals surface area contributed by atoms with Crippen molar-refractivity contribution < 1.29 is 5.11 Å². The van der Waals surface area contributed by atoms with E-state index in [-0.39, 0.29) is 11.5 Å². The van der Waals surface area contributed by atoms with E-state index in [0.717, 1.165) is 6.42 Å². The highest BCUT2D eigenvalue weighted by Gasteiger charge is 2.29. The normalized spacial score (nSPS) is 25.4. The molecule has 1 aromatic rings. The maximum Gasteiger partial charge on any atom is 0.0709 e. The Morgan fingerprint density at radius 1 is 1.15 bits per heavy atom. The second-order valence-electron chi connectivity index (χ2n) is 6.63. The number of hydrogen-bond donors (Lipinski definition) is 1. The van der Waals surface area contributed by atoms with Gasteiger partial charge in [0.1, 0.15) is 0 Å². The third-order valence-corrected chi connectivity index (χ3v) is 7.12. The Morgan fingerprint density at radius 2 is 1.75 bits per heavy atom. The molecule has 0 aliphatic carbocycles. The van der Waals surface area contributed by atoms with Gasteiger partial charge in [-0.05, 0) is 23.0 Å². The van der Waals surface area contributed by atoms with Crippen LogP contribution < -0.4 is 0 Å². The molecule has 1 fully saturated rings. The van der Waals surface area contributed by atoms with E-state index >= 15 is 0 Å². The molecule has 1 N–H and O–H groups in total. The summed E-state index contributed by atoms with van der Waals surface area (Å²) in [5.74, 6) is 2.38. The largest absolute Gasteiger partial charge is 0.392 e. The highest BCUT2D eigenvalue weighted by molar-refractivity contribution is 8.07. The van der Waals surface area contributed by atoms with Gasteiger partial charge in [0.05, 0.1) is 6.10 Å². The number of benzene rings is 1. The molecule has 1 nitrogen and oxygen atoms in total. The Hall–Kier alpha value is -0.120. The summed E-state index contributed by atoms with van der Waals surface area (Å²) in [6.07, 6.45) is 0.538. The average molecular weight is 311 g/mol. The van der Waals surface area contributed by atoms with Crippen LogP contribution in [0.2, 0.25) is 0 Å². The summed E-state index contributed by atoms with van der Waals surface area (Å²) in [7, 11) is 0. The number of thioether (sulfide) groups is 2. The molecule has 1 aromatic carbocycles. The summed E-state index contributed by atoms with van der Waals surface area (Å²) in [5, 5.41) is 11.4. The predicted octanol–water partition coefficient (Wildman–Crippen LogP) is 4.12. The van der Waals surface area contributed by atoms with Gasteiger partial charge in [0.25, 0.3) is 0 Å². The Bertz CT molecular complexity index is 422. The molecule has 0 radical (unpaired) electrons. The van der Waals surface area contributed by atoms with Crippen molar-refractivity contribution in [2.45, 2.75) is 56.1 Å². The summed E-state index contributed by atoms with van der Waals surface area (Å²) in [6, 6.07) is 8.76. The van der Waals surface area contributed by atoms with E-state index in [4.69, 9.17) is 0 Å². The molecule has 0 bridgehead atoms. The topological polar surface area (TPSA) is 20.2 Å². The molecule has 1 aliphatic rings. The van der Waals surface area contributed by atoms with E-state index in [2.05, 4.69) is 52.0 Å². The zero-order valence-corrected chi connectivity index (χ0v) is 14.6. The van der Waals surface area contributed by atoms with E-state index in [1.165, 1.54) is 22.6 Å². The van der Waals surface area contributed by atoms with Crippen LogP contribution in [-0.2, 0) is 11.8 Å². The second kappa shape index (κ2) is 6.76. The van der Waals surface area contributed by atoms with Gasteiger partial charge in [-0.15, -0.1) is 0 Å². The second-order valence-corrected chi connectivity index (χ2v) is 9.40. The number of aliphatic hydroxyl groups excluding tert-OH is 1. The van der Waals surface area contributed by atoms with Gasteiger partial charge in [0.15, 0.2) is 0 Å². The Morgan fingerprint density at radius 3 is 2.30 bits per heavy atom. The lowest BCUT2D eigenvalue weighted by Gasteiger charge is -2.31. The summed E-state index contributed by atoms with van der Waals surface area (Å²) in [6.45, 7) is 8.94. The van der Waals surface area contributed by atoms with Gasteiger partial charge in [-0.2, -0.15) is 23.5 Å². The van der Waals surface area contributed by atoms with E-state index in [0.29, 0.717) is 10.5 Å². The number of rotatable bonds is 3. The highest BCUT2D eigenvalue weighted by atomic mass is 32.2. The first-order valence-corrected chi connectivity index (χ1v) is 9.48. The minimum Gasteiger partial charge on any atom is -0.392 e. The van der Waals surface area contributed by atoms with Gasteiger partial charge < -0.3 is 5.11 Å². The first kappa shape index (κ1) is 16.3. The molecular formula is C17H26OS2. The lowest BCUT2D eigenvalue weighted by molar-refractivity contribution is 0.171. The van der Waals surface area contributed by atoms with Crippen LogP contribution in [0.25, 0.3) is 0 Å². The first-order chi connectivity index (χ1) is 9.38. The van der Waals surface area contributed by atoms with Crippen LogP contribution in [0.4, 0.5) is 0 Å². The van der Waals surface area contributed by atoms with Crippen molar-refractivity contribution >= 4 is 23.5 Å². The zero-order valence-electron chi connectivity index (χ0n) is 12.9. The molecular weight excluding hydrogens is 284 g/mol. The van der Waals surface area contributed by atoms with Crippen molar-refractivity contribution in [1.82, 2.24) is 0 Å². The van der Waals surface area contributed by atoms with Gasteiger partial charge in [-0.3, -0.25) is 0 Å². The molecule has 1 heterocycles. The van der Waals surface area contributed by atoms with Crippen molar-refractivity contribution in [2.24, 2.45) is 0 Å². The SMILES string of the molecule is CC1SCCSC1C(O)Cc1ccc(C(C)(C)C)cc1. The number of aliphatic hydroxyl groups is 1. The van der Waals surface area contributed by atoms with Crippen LogP contribution >= 0.6 is 23.5 Å². The Kier molecular flexibility index (Phi) is 5.49. The molecule has 1 aliphatic heterocycles. The lowest BCUT2D eigenvalue weighted by atomic mass is 9.86. The summed E-state index contributed by atoms with van der Waals surface area (Å²) in [4.78, 5) is 0. The zero-order chi connectivity index (χ0) is 14.8. The van der Waals surface area contributed by atoms with Crippen molar-refractivity contribution in [3.05, 3.63) is 35.4 Å². The van der Waals surface area contributed by atoms with Crippen LogP contribution in [0.5, 0.6) is 0 Å². The lowest BCUT2D eigenvalue weighted by Crippen LogP contribution is -2.36. The maximum atomic E-state index is 10.5. The van der Waals surface area contributed by atoms with Gasteiger partial charge in [-0.1, -0.05) is 52.0 Å². The fraction of sp³-hybridized carbons (Fsp3) is 0.647. The molecule has 3 heteroatoms. The summed E-state index contributed by atoms with van der Waals surface area (Å²) in [5.41, 5.74) is 2.79. The summed E-state index contributed by atoms with van der Waals surface area (Å²) < 4.78 is 0. The quantitative estimate of drug-likeness (QED) is 0.906. The Labute approximate surface area is 131 Å². The molecule has 3 unspecified atom stereocenters. The van der Waals surface area contributed by atoms with Crippen LogP contribution in [0.3, 0.4) is 0 Å². The van der Waals surface area contributed by atoms with Gasteiger partial charge in [-0.25, -0.2) is 0 Å². The molecule has 20 heavy (non-hydrogen) atoms. The molecule has 0 aromatic heterocycles. The minimum atomic E-state index is -0.233. The van der Waals surface area contributed by atoms with Gasteiger partial charge in [0.2, 0.25) is 0 Å². The number of hydrogen-bond acceptors (Lipinski definition) is 3. The van der Waals surface area contributed by atoms with Crippen molar-refractivity contribution in [1.29, 1.82) is 0 Å². The standard InChI is InChI=1S/C17H26OS2/c1-12-16(20-10-9-19-12)15(18)11-13-5-7-14(8-6-13)17(2,3)4/h5-8,12,15-16,18H,9-11H2,1-4H3. The Balaban J connectivity index is 1.99. The fourth-order valence-electron chi connectivity index (χ4n) is 2.57. The van der Waals surface area contributed by atoms with Crippen molar-refractivity contribution in [3.63, 3.8) is 0 Å². The van der Waals surface area contributed by atoms with Gasteiger partial charge in [0, 0.05) is 22.0 Å². The van der Waals surface area contributed by atoms with Crippen LogP contribution in [0, 0.1) is 0 Å². The fourth-order valence-corrected chi connectivity index (χ4v) is 5.42. The van der Waals surface area contributed by atoms with E-state index in [1.807, 2.05) is 23.5 Å². The van der Waals surface area contributed by atoms with E-state index in [9.17, 15) is 5.11 Å². The van der Waals surface area contributed by atoms with Crippen LogP contribution in [-0.4, -0.2) is 33.2 Å². The molecule has 0 saturated carbocycles. The van der Waals surface area contributed by atoms with Crippen molar-refractivity contribution in [3.8, 4) is 0 Å². The molecule has 0 spiro atoms. The minimum absolute atomic E-state index is 0.196. The third kappa shape index (κ3) is 4.19. The van der Waals surface area contributed by atoms with Crippen molar-refractivity contribution in [2.75, 3.05) is 11.5 Å². The van der Waals surface area contributed by atoms with Crippen LogP contribution in [0.1, 0.15) is 38.8 Å². The monoisotopic (exact) mass is 310 g/mol. The first-order valence-electron chi connectivity index (χ1n) is 7.38. The highest BCUT2D eigenvalue weighted by Crippen LogP contribution is 2.34.